The Hall–Kier alpha value is -2.78. The van der Waals surface area contributed by atoms with E-state index in [-0.39, 0.29) is 42.8 Å². The first-order valence-electron chi connectivity index (χ1n) is 11.4. The maximum absolute atomic E-state index is 11.8. The zero-order valence-electron chi connectivity index (χ0n) is 19.9. The van der Waals surface area contributed by atoms with Gasteiger partial charge in [-0.2, -0.15) is 4.98 Å². The zero-order chi connectivity index (χ0) is 23.0. The molecule has 1 aromatic heterocycles. The van der Waals surface area contributed by atoms with Crippen molar-refractivity contribution in [1.29, 1.82) is 0 Å². The number of rotatable bonds is 9. The molecule has 1 amide bonds. The number of piperidine rings is 1. The number of carbonyl (C=O) groups excluding carboxylic acids is 1. The van der Waals surface area contributed by atoms with Gasteiger partial charge in [0.1, 0.15) is 5.82 Å². The molecule has 0 saturated carbocycles. The number of anilines is 4. The summed E-state index contributed by atoms with van der Waals surface area (Å²) < 4.78 is 0. The summed E-state index contributed by atoms with van der Waals surface area (Å²) in [5.74, 6) is 0.973. The monoisotopic (exact) mass is 553 g/mol. The summed E-state index contributed by atoms with van der Waals surface area (Å²) >= 11 is 0. The second-order valence-electron chi connectivity index (χ2n) is 8.34. The van der Waals surface area contributed by atoms with Gasteiger partial charge < -0.3 is 27.0 Å². The van der Waals surface area contributed by atoms with E-state index in [1.807, 2.05) is 42.5 Å². The van der Waals surface area contributed by atoms with E-state index >= 15 is 0 Å². The summed E-state index contributed by atoms with van der Waals surface area (Å²) in [6.07, 6.45) is 4.95. The smallest absolute Gasteiger partial charge is 0.254 e. The van der Waals surface area contributed by atoms with Gasteiger partial charge in [0.15, 0.2) is 0 Å². The van der Waals surface area contributed by atoms with Gasteiger partial charge in [0.25, 0.3) is 5.91 Å². The number of primary amides is 1. The Labute approximate surface area is 230 Å². The first-order valence-corrected chi connectivity index (χ1v) is 11.4. The summed E-state index contributed by atoms with van der Waals surface area (Å²) in [6, 6.07) is 18.1. The lowest BCUT2D eigenvalue weighted by Gasteiger charge is -2.33. The Morgan fingerprint density at radius 3 is 2.28 bits per heavy atom. The Bertz CT molecular complexity index is 1060. The minimum atomic E-state index is -0.573. The van der Waals surface area contributed by atoms with E-state index < -0.39 is 5.91 Å². The van der Waals surface area contributed by atoms with Gasteiger partial charge in [-0.1, -0.05) is 30.3 Å². The number of nitrogens with two attached hydrogens (primary N) is 2. The van der Waals surface area contributed by atoms with Crippen LogP contribution in [0.3, 0.4) is 0 Å². The summed E-state index contributed by atoms with van der Waals surface area (Å²) in [4.78, 5) is 23.0. The number of hydrogen-bond acceptors (Lipinski definition) is 7. The summed E-state index contributed by atoms with van der Waals surface area (Å²) in [5, 5.41) is 6.41. The van der Waals surface area contributed by atoms with Crippen molar-refractivity contribution < 1.29 is 4.79 Å². The molecule has 1 aliphatic heterocycles. The van der Waals surface area contributed by atoms with Crippen LogP contribution >= 0.6 is 37.2 Å². The summed E-state index contributed by atoms with van der Waals surface area (Å²) in [6.45, 7) is 3.42. The highest BCUT2D eigenvalue weighted by Crippen LogP contribution is 2.26. The van der Waals surface area contributed by atoms with E-state index in [0.717, 1.165) is 43.2 Å². The molecule has 0 atom stereocenters. The van der Waals surface area contributed by atoms with Gasteiger partial charge in [-0.05, 0) is 61.6 Å². The number of aromatic nitrogens is 2. The fraction of sp³-hybridized carbons (Fsp3) is 0.320. The van der Waals surface area contributed by atoms with Crippen LogP contribution < -0.4 is 27.0 Å². The topological polar surface area (TPSA) is 122 Å². The van der Waals surface area contributed by atoms with Crippen LogP contribution in [0.4, 0.5) is 23.1 Å². The van der Waals surface area contributed by atoms with Crippen molar-refractivity contribution in [3.63, 3.8) is 0 Å². The van der Waals surface area contributed by atoms with Gasteiger partial charge >= 0.3 is 0 Å². The third-order valence-electron chi connectivity index (χ3n) is 6.04. The lowest BCUT2D eigenvalue weighted by atomic mass is 9.93. The van der Waals surface area contributed by atoms with Gasteiger partial charge in [-0.15, -0.1) is 37.2 Å². The molecule has 0 spiro atoms. The Balaban J connectivity index is 0.00000216. The van der Waals surface area contributed by atoms with Crippen molar-refractivity contribution >= 4 is 66.3 Å². The van der Waals surface area contributed by atoms with Crippen LogP contribution in [-0.4, -0.2) is 35.5 Å². The quantitative estimate of drug-likeness (QED) is 0.301. The molecule has 6 N–H and O–H groups in total. The van der Waals surface area contributed by atoms with E-state index in [9.17, 15) is 4.79 Å². The van der Waals surface area contributed by atoms with Gasteiger partial charge in [-0.25, -0.2) is 4.98 Å². The van der Waals surface area contributed by atoms with Crippen molar-refractivity contribution in [2.75, 3.05) is 35.2 Å². The van der Waals surface area contributed by atoms with Crippen LogP contribution in [0.15, 0.2) is 60.8 Å². The average molecular weight is 555 g/mol. The Kier molecular flexibility index (Phi) is 13.3. The van der Waals surface area contributed by atoms with Crippen molar-refractivity contribution in [3.05, 3.63) is 71.9 Å². The van der Waals surface area contributed by atoms with Crippen molar-refractivity contribution in [2.24, 2.45) is 17.4 Å². The molecule has 196 valence electrons. The highest BCUT2D eigenvalue weighted by molar-refractivity contribution is 5.97. The molecule has 3 aromatic rings. The molecule has 0 bridgehead atoms. The molecular formula is C25H34Cl3N7O. The van der Waals surface area contributed by atoms with E-state index in [4.69, 9.17) is 11.5 Å². The van der Waals surface area contributed by atoms with Crippen molar-refractivity contribution in [3.8, 4) is 0 Å². The maximum atomic E-state index is 11.8. The molecule has 8 nitrogen and oxygen atoms in total. The first kappa shape index (κ1) is 31.3. The van der Waals surface area contributed by atoms with Crippen LogP contribution in [0.5, 0.6) is 0 Å². The normalized spacial score (nSPS) is 13.0. The molecule has 4 rings (SSSR count). The van der Waals surface area contributed by atoms with Crippen LogP contribution in [0.2, 0.25) is 0 Å². The second kappa shape index (κ2) is 15.4. The van der Waals surface area contributed by atoms with E-state index in [1.165, 1.54) is 24.7 Å². The lowest BCUT2D eigenvalue weighted by Crippen LogP contribution is -2.34. The van der Waals surface area contributed by atoms with Crippen LogP contribution in [0, 0.1) is 5.92 Å². The molecule has 1 saturated heterocycles. The summed E-state index contributed by atoms with van der Waals surface area (Å²) in [7, 11) is 0. The number of halogens is 3. The van der Waals surface area contributed by atoms with E-state index in [1.54, 1.807) is 0 Å². The third kappa shape index (κ3) is 8.41. The number of carbonyl (C=O) groups is 1. The largest absolute Gasteiger partial charge is 0.372 e. The number of nitrogens with zero attached hydrogens (tertiary/aromatic N) is 3. The highest BCUT2D eigenvalue weighted by Gasteiger charge is 2.19. The van der Waals surface area contributed by atoms with Crippen molar-refractivity contribution in [1.82, 2.24) is 9.97 Å². The molecule has 36 heavy (non-hydrogen) atoms. The predicted molar refractivity (Wildman–Crippen MR) is 154 cm³/mol. The Morgan fingerprint density at radius 2 is 1.67 bits per heavy atom. The molecule has 1 aliphatic rings. The fourth-order valence-electron chi connectivity index (χ4n) is 4.14. The van der Waals surface area contributed by atoms with Crippen LogP contribution in [0.1, 0.15) is 35.2 Å². The third-order valence-corrected chi connectivity index (χ3v) is 6.04. The predicted octanol–water partition coefficient (Wildman–Crippen LogP) is 4.76. The molecule has 2 aromatic carbocycles. The number of nitrogens with one attached hydrogen (secondary N) is 2. The minimum absolute atomic E-state index is 0. The Morgan fingerprint density at radius 1 is 1.00 bits per heavy atom. The van der Waals surface area contributed by atoms with Gasteiger partial charge in [-0.3, -0.25) is 4.79 Å². The van der Waals surface area contributed by atoms with Gasteiger partial charge in [0.05, 0.1) is 5.56 Å². The SMILES string of the molecule is Cl.Cl.Cl.NCCC1CCN(c2ccc(Nc3ncc(C(N)=O)c(NCc4ccccc4)n3)cc2)CC1. The number of amides is 1. The van der Waals surface area contributed by atoms with E-state index in [2.05, 4.69) is 37.6 Å². The molecule has 0 radical (unpaired) electrons. The van der Waals surface area contributed by atoms with Gasteiger partial charge in [0.2, 0.25) is 5.95 Å². The molecule has 11 heteroatoms. The molecule has 1 fully saturated rings. The van der Waals surface area contributed by atoms with E-state index in [0.29, 0.717) is 18.3 Å². The highest BCUT2D eigenvalue weighted by atomic mass is 35.5. The minimum Gasteiger partial charge on any atom is -0.372 e. The lowest BCUT2D eigenvalue weighted by molar-refractivity contribution is 0.100. The van der Waals surface area contributed by atoms with Gasteiger partial charge in [0, 0.05) is 37.2 Å². The molecular weight excluding hydrogens is 521 g/mol. The molecule has 2 heterocycles. The molecule has 0 aliphatic carbocycles. The fourth-order valence-corrected chi connectivity index (χ4v) is 4.14. The first-order chi connectivity index (χ1) is 16.1. The van der Waals surface area contributed by atoms with Crippen molar-refractivity contribution in [2.45, 2.75) is 25.8 Å². The van der Waals surface area contributed by atoms with Crippen LogP contribution in [-0.2, 0) is 6.54 Å². The standard InChI is InChI=1S/C25H31N7O.3ClH/c26-13-10-18-11-14-32(15-12-18)21-8-6-20(7-9-21)30-25-29-17-22(23(27)33)24(31-25)28-16-19-4-2-1-3-5-19;;;/h1-9,17-18H,10-16,26H2,(H2,27,33)(H2,28,29,30,31);3*1H. The second-order valence-corrected chi connectivity index (χ2v) is 8.34. The van der Waals surface area contributed by atoms with Crippen LogP contribution in [0.25, 0.3) is 0 Å². The molecule has 0 unspecified atom stereocenters. The number of hydrogen-bond donors (Lipinski definition) is 4. The number of benzene rings is 2. The zero-order valence-corrected chi connectivity index (χ0v) is 22.4. The summed E-state index contributed by atoms with van der Waals surface area (Å²) in [5.41, 5.74) is 14.6. The average Bonchev–Trinajstić information content (AvgIpc) is 2.84. The maximum Gasteiger partial charge on any atom is 0.254 e.